The molecule has 2 nitrogen and oxygen atoms in total. The Hall–Kier alpha value is -1.35. The number of hydrogen-bond acceptors (Lipinski definition) is 2. The van der Waals surface area contributed by atoms with E-state index in [0.717, 1.165) is 15.7 Å². The Morgan fingerprint density at radius 2 is 1.80 bits per heavy atom. The fraction of sp³-hybridized carbons (Fsp3) is 0.0833. The zero-order chi connectivity index (χ0) is 10.7. The van der Waals surface area contributed by atoms with Crippen molar-refractivity contribution < 1.29 is 4.74 Å². The van der Waals surface area contributed by atoms with E-state index < -0.39 is 0 Å². The van der Waals surface area contributed by atoms with E-state index in [4.69, 9.17) is 4.74 Å². The number of benzene rings is 1. The maximum absolute atomic E-state index is 5.15. The number of halogens is 1. The summed E-state index contributed by atoms with van der Waals surface area (Å²) in [5.41, 5.74) is 2.00. The lowest BCUT2D eigenvalue weighted by Gasteiger charge is -2.05. The highest BCUT2D eigenvalue weighted by atomic mass is 79.9. The van der Waals surface area contributed by atoms with Crippen molar-refractivity contribution in [1.82, 2.24) is 4.98 Å². The van der Waals surface area contributed by atoms with Gasteiger partial charge in [0.05, 0.1) is 17.3 Å². The van der Waals surface area contributed by atoms with Gasteiger partial charge in [-0.2, -0.15) is 0 Å². The average molecular weight is 264 g/mol. The highest BCUT2D eigenvalue weighted by molar-refractivity contribution is 9.10. The standard InChI is InChI=1S/C12H10BrNO/c1-15-12-10(13)7-8-11(14-12)9-5-3-2-4-6-9/h2-8H,1H3. The van der Waals surface area contributed by atoms with Crippen LogP contribution in [0.2, 0.25) is 0 Å². The first-order valence-electron chi connectivity index (χ1n) is 4.57. The fourth-order valence-electron chi connectivity index (χ4n) is 1.34. The van der Waals surface area contributed by atoms with Gasteiger partial charge in [-0.05, 0) is 28.1 Å². The molecule has 1 aromatic heterocycles. The minimum Gasteiger partial charge on any atom is -0.480 e. The number of pyridine rings is 1. The molecule has 0 bridgehead atoms. The van der Waals surface area contributed by atoms with Crippen molar-refractivity contribution >= 4 is 15.9 Å². The molecule has 1 aromatic carbocycles. The monoisotopic (exact) mass is 263 g/mol. The summed E-state index contributed by atoms with van der Waals surface area (Å²) in [5.74, 6) is 0.608. The van der Waals surface area contributed by atoms with E-state index in [-0.39, 0.29) is 0 Å². The van der Waals surface area contributed by atoms with Crippen LogP contribution in [0.5, 0.6) is 5.88 Å². The van der Waals surface area contributed by atoms with Gasteiger partial charge in [0.25, 0.3) is 0 Å². The van der Waals surface area contributed by atoms with Gasteiger partial charge in [0.2, 0.25) is 5.88 Å². The Balaban J connectivity index is 2.46. The van der Waals surface area contributed by atoms with Crippen molar-refractivity contribution in [3.8, 4) is 17.1 Å². The lowest BCUT2D eigenvalue weighted by Crippen LogP contribution is -1.91. The number of rotatable bonds is 2. The molecular formula is C12H10BrNO. The van der Waals surface area contributed by atoms with Gasteiger partial charge in [-0.15, -0.1) is 0 Å². The van der Waals surface area contributed by atoms with Crippen LogP contribution in [-0.2, 0) is 0 Å². The topological polar surface area (TPSA) is 22.1 Å². The maximum atomic E-state index is 5.15. The molecule has 0 radical (unpaired) electrons. The summed E-state index contributed by atoms with van der Waals surface area (Å²) in [5, 5.41) is 0. The van der Waals surface area contributed by atoms with Crippen LogP contribution in [0.1, 0.15) is 0 Å². The summed E-state index contributed by atoms with van der Waals surface area (Å²) >= 11 is 3.38. The molecule has 1 heterocycles. The van der Waals surface area contributed by atoms with E-state index in [1.807, 2.05) is 42.5 Å². The predicted octanol–water partition coefficient (Wildman–Crippen LogP) is 3.52. The van der Waals surface area contributed by atoms with Gasteiger partial charge in [-0.25, -0.2) is 4.98 Å². The van der Waals surface area contributed by atoms with E-state index in [0.29, 0.717) is 5.88 Å². The first-order chi connectivity index (χ1) is 7.31. The molecule has 0 aliphatic rings. The number of methoxy groups -OCH3 is 1. The maximum Gasteiger partial charge on any atom is 0.228 e. The fourth-order valence-corrected chi connectivity index (χ4v) is 1.72. The van der Waals surface area contributed by atoms with Crippen LogP contribution in [0.25, 0.3) is 11.3 Å². The Kier molecular flexibility index (Phi) is 3.02. The quantitative estimate of drug-likeness (QED) is 0.827. The molecule has 0 spiro atoms. The third-order valence-corrected chi connectivity index (χ3v) is 2.68. The molecule has 2 rings (SSSR count). The van der Waals surface area contributed by atoms with E-state index in [2.05, 4.69) is 20.9 Å². The second kappa shape index (κ2) is 4.45. The van der Waals surface area contributed by atoms with Crippen molar-refractivity contribution in [2.45, 2.75) is 0 Å². The molecule has 0 fully saturated rings. The van der Waals surface area contributed by atoms with Crippen molar-refractivity contribution in [3.63, 3.8) is 0 Å². The molecule has 2 aromatic rings. The summed E-state index contributed by atoms with van der Waals surface area (Å²) in [4.78, 5) is 4.39. The molecule has 0 aliphatic carbocycles. The molecule has 0 saturated heterocycles. The van der Waals surface area contributed by atoms with Crippen LogP contribution < -0.4 is 4.74 Å². The van der Waals surface area contributed by atoms with E-state index in [9.17, 15) is 0 Å². The SMILES string of the molecule is COc1nc(-c2ccccc2)ccc1Br. The third kappa shape index (κ3) is 2.18. The van der Waals surface area contributed by atoms with Gasteiger partial charge in [-0.3, -0.25) is 0 Å². The lowest BCUT2D eigenvalue weighted by molar-refractivity contribution is 0.395. The van der Waals surface area contributed by atoms with Crippen LogP contribution in [0.3, 0.4) is 0 Å². The average Bonchev–Trinajstić information content (AvgIpc) is 2.31. The summed E-state index contributed by atoms with van der Waals surface area (Å²) in [7, 11) is 1.61. The molecule has 0 atom stereocenters. The Labute approximate surface area is 97.1 Å². The zero-order valence-electron chi connectivity index (χ0n) is 8.27. The predicted molar refractivity (Wildman–Crippen MR) is 63.9 cm³/mol. The Morgan fingerprint density at radius 3 is 2.47 bits per heavy atom. The van der Waals surface area contributed by atoms with Gasteiger partial charge in [-0.1, -0.05) is 30.3 Å². The lowest BCUT2D eigenvalue weighted by atomic mass is 10.1. The molecule has 0 saturated carbocycles. The second-order valence-electron chi connectivity index (χ2n) is 3.05. The molecule has 15 heavy (non-hydrogen) atoms. The largest absolute Gasteiger partial charge is 0.480 e. The van der Waals surface area contributed by atoms with Crippen molar-refractivity contribution in [2.24, 2.45) is 0 Å². The number of hydrogen-bond donors (Lipinski definition) is 0. The van der Waals surface area contributed by atoms with Gasteiger partial charge in [0, 0.05) is 5.56 Å². The molecule has 0 unspecified atom stereocenters. The Bertz CT molecular complexity index is 456. The summed E-state index contributed by atoms with van der Waals surface area (Å²) in [6, 6.07) is 13.9. The minimum absolute atomic E-state index is 0.608. The van der Waals surface area contributed by atoms with Crippen molar-refractivity contribution in [1.29, 1.82) is 0 Å². The van der Waals surface area contributed by atoms with E-state index >= 15 is 0 Å². The molecule has 3 heteroatoms. The highest BCUT2D eigenvalue weighted by Gasteiger charge is 2.04. The van der Waals surface area contributed by atoms with Gasteiger partial charge >= 0.3 is 0 Å². The molecular weight excluding hydrogens is 254 g/mol. The summed E-state index contributed by atoms with van der Waals surface area (Å²) < 4.78 is 6.01. The normalized spacial score (nSPS) is 10.0. The van der Waals surface area contributed by atoms with Crippen LogP contribution in [0.4, 0.5) is 0 Å². The van der Waals surface area contributed by atoms with Crippen LogP contribution >= 0.6 is 15.9 Å². The molecule has 0 aliphatic heterocycles. The van der Waals surface area contributed by atoms with Gasteiger partial charge in [0.1, 0.15) is 0 Å². The first-order valence-corrected chi connectivity index (χ1v) is 5.36. The number of nitrogens with zero attached hydrogens (tertiary/aromatic N) is 1. The van der Waals surface area contributed by atoms with Gasteiger partial charge in [0.15, 0.2) is 0 Å². The minimum atomic E-state index is 0.608. The summed E-state index contributed by atoms with van der Waals surface area (Å²) in [6.07, 6.45) is 0. The number of ether oxygens (including phenoxy) is 1. The van der Waals surface area contributed by atoms with Crippen molar-refractivity contribution in [3.05, 3.63) is 46.9 Å². The molecule has 0 amide bonds. The van der Waals surface area contributed by atoms with E-state index in [1.54, 1.807) is 7.11 Å². The smallest absolute Gasteiger partial charge is 0.228 e. The van der Waals surface area contributed by atoms with Crippen LogP contribution in [0.15, 0.2) is 46.9 Å². The molecule has 76 valence electrons. The first kappa shape index (κ1) is 10.2. The second-order valence-corrected chi connectivity index (χ2v) is 3.91. The van der Waals surface area contributed by atoms with Gasteiger partial charge < -0.3 is 4.74 Å². The third-order valence-electron chi connectivity index (χ3n) is 2.08. The molecule has 0 N–H and O–H groups in total. The summed E-state index contributed by atoms with van der Waals surface area (Å²) in [6.45, 7) is 0. The van der Waals surface area contributed by atoms with Crippen LogP contribution in [0, 0.1) is 0 Å². The van der Waals surface area contributed by atoms with Crippen molar-refractivity contribution in [2.75, 3.05) is 7.11 Å². The highest BCUT2D eigenvalue weighted by Crippen LogP contribution is 2.26. The Morgan fingerprint density at radius 1 is 1.07 bits per heavy atom. The van der Waals surface area contributed by atoms with E-state index in [1.165, 1.54) is 0 Å². The number of aromatic nitrogens is 1. The zero-order valence-corrected chi connectivity index (χ0v) is 9.86. The van der Waals surface area contributed by atoms with Crippen LogP contribution in [-0.4, -0.2) is 12.1 Å².